The van der Waals surface area contributed by atoms with Crippen LogP contribution in [0.1, 0.15) is 65.9 Å². The monoisotopic (exact) mass is 358 g/mol. The van der Waals surface area contributed by atoms with Crippen LogP contribution in [-0.4, -0.2) is 39.1 Å². The van der Waals surface area contributed by atoms with E-state index in [1.165, 1.54) is 6.07 Å². The molecule has 1 unspecified atom stereocenters. The first kappa shape index (κ1) is 15.9. The van der Waals surface area contributed by atoms with Crippen LogP contribution in [0.2, 0.25) is 0 Å². The third-order valence-electron chi connectivity index (χ3n) is 6.24. The zero-order chi connectivity index (χ0) is 17.9. The highest BCUT2D eigenvalue weighted by molar-refractivity contribution is 5.94. The Morgan fingerprint density at radius 3 is 2.69 bits per heavy atom. The van der Waals surface area contributed by atoms with Crippen LogP contribution < -0.4 is 0 Å². The van der Waals surface area contributed by atoms with Gasteiger partial charge in [-0.2, -0.15) is 5.10 Å². The molecular formula is C19H20F2N4O. The van der Waals surface area contributed by atoms with E-state index in [9.17, 15) is 13.6 Å². The van der Waals surface area contributed by atoms with Crippen molar-refractivity contribution in [2.45, 2.75) is 43.9 Å². The number of hydrogen-bond acceptors (Lipinski definition) is 3. The van der Waals surface area contributed by atoms with Crippen molar-refractivity contribution >= 4 is 5.91 Å². The van der Waals surface area contributed by atoms with Crippen LogP contribution in [0.3, 0.4) is 0 Å². The van der Waals surface area contributed by atoms with Crippen molar-refractivity contribution < 1.29 is 13.6 Å². The molecule has 2 heterocycles. The Morgan fingerprint density at radius 2 is 2.04 bits per heavy atom. The molecule has 1 aliphatic heterocycles. The lowest BCUT2D eigenvalue weighted by Gasteiger charge is -2.41. The van der Waals surface area contributed by atoms with Crippen molar-refractivity contribution in [3.8, 4) is 0 Å². The molecule has 1 amide bonds. The van der Waals surface area contributed by atoms with Crippen LogP contribution in [0, 0.1) is 17.0 Å². The van der Waals surface area contributed by atoms with Gasteiger partial charge in [0.15, 0.2) is 17.5 Å². The minimum Gasteiger partial charge on any atom is -0.337 e. The highest BCUT2D eigenvalue weighted by atomic mass is 19.2. The molecule has 1 aromatic carbocycles. The van der Waals surface area contributed by atoms with E-state index >= 15 is 0 Å². The van der Waals surface area contributed by atoms with Crippen molar-refractivity contribution in [2.75, 3.05) is 13.1 Å². The molecule has 0 radical (unpaired) electrons. The number of hydrogen-bond donors (Lipinski definition) is 1. The normalized spacial score (nSPS) is 24.1. The van der Waals surface area contributed by atoms with Gasteiger partial charge in [-0.05, 0) is 49.3 Å². The molecule has 26 heavy (non-hydrogen) atoms. The Bertz CT molecular complexity index is 872. The third-order valence-corrected chi connectivity index (χ3v) is 6.24. The Kier molecular flexibility index (Phi) is 3.42. The number of rotatable bonds is 3. The second-order valence-electron chi connectivity index (χ2n) is 7.94. The highest BCUT2D eigenvalue weighted by Crippen LogP contribution is 2.55. The van der Waals surface area contributed by atoms with E-state index in [-0.39, 0.29) is 22.8 Å². The van der Waals surface area contributed by atoms with Gasteiger partial charge in [-0.25, -0.2) is 13.8 Å². The summed E-state index contributed by atoms with van der Waals surface area (Å²) in [5.74, 6) is 0.190. The summed E-state index contributed by atoms with van der Waals surface area (Å²) in [6, 6.07) is 3.34. The van der Waals surface area contributed by atoms with E-state index < -0.39 is 11.6 Å². The van der Waals surface area contributed by atoms with E-state index in [2.05, 4.69) is 10.2 Å². The maximum Gasteiger partial charge on any atom is 0.254 e. The molecule has 1 aromatic heterocycles. The zero-order valence-corrected chi connectivity index (χ0v) is 14.3. The van der Waals surface area contributed by atoms with Crippen molar-refractivity contribution in [2.24, 2.45) is 5.41 Å². The average molecular weight is 358 g/mol. The maximum atomic E-state index is 13.5. The lowest BCUT2D eigenvalue weighted by molar-refractivity contribution is 0.0723. The van der Waals surface area contributed by atoms with Gasteiger partial charge in [0.2, 0.25) is 0 Å². The summed E-state index contributed by atoms with van der Waals surface area (Å²) >= 11 is 0. The number of likely N-dealkylation sites (tertiary alicyclic amines) is 1. The van der Waals surface area contributed by atoms with Gasteiger partial charge in [-0.3, -0.25) is 9.89 Å². The minimum absolute atomic E-state index is 0.0363. The van der Waals surface area contributed by atoms with Crippen LogP contribution in [-0.2, 0) is 0 Å². The van der Waals surface area contributed by atoms with Crippen molar-refractivity contribution in [1.82, 2.24) is 20.1 Å². The molecule has 3 aliphatic rings. The summed E-state index contributed by atoms with van der Waals surface area (Å²) in [7, 11) is 0. The summed E-state index contributed by atoms with van der Waals surface area (Å²) in [6.07, 6.45) is 5.55. The van der Waals surface area contributed by atoms with E-state index in [4.69, 9.17) is 4.98 Å². The molecule has 136 valence electrons. The highest BCUT2D eigenvalue weighted by Gasteiger charge is 2.53. The molecule has 2 aliphatic carbocycles. The number of halogens is 2. The first-order chi connectivity index (χ1) is 12.6. The number of nitrogens with zero attached hydrogens (tertiary/aromatic N) is 3. The zero-order valence-electron chi connectivity index (χ0n) is 14.3. The maximum absolute atomic E-state index is 13.5. The number of carbonyl (C=O) groups excluding carboxylic acids is 1. The second-order valence-corrected chi connectivity index (χ2v) is 7.94. The molecule has 2 aromatic rings. The standard InChI is InChI=1S/C19H20F2N4O/c20-14-5-4-12(8-15(14)21)18(26)25-9-13(19(10-25)6-1-7-19)17-22-16(23-24-17)11-2-3-11/h4-5,8,11,13H,1-3,6-7,9-10H2,(H,22,23,24). The molecule has 0 bridgehead atoms. The molecule has 7 heteroatoms. The van der Waals surface area contributed by atoms with E-state index in [1.807, 2.05) is 0 Å². The molecule has 5 rings (SSSR count). The second kappa shape index (κ2) is 5.59. The number of aromatic nitrogens is 3. The summed E-state index contributed by atoms with van der Waals surface area (Å²) in [5.41, 5.74) is 0.226. The van der Waals surface area contributed by atoms with Crippen molar-refractivity contribution in [3.05, 3.63) is 47.0 Å². The van der Waals surface area contributed by atoms with Gasteiger partial charge < -0.3 is 4.90 Å². The van der Waals surface area contributed by atoms with Gasteiger partial charge in [-0.1, -0.05) is 6.42 Å². The number of carbonyl (C=O) groups is 1. The van der Waals surface area contributed by atoms with E-state index in [1.54, 1.807) is 4.90 Å². The van der Waals surface area contributed by atoms with Gasteiger partial charge in [0, 0.05) is 30.5 Å². The van der Waals surface area contributed by atoms with Crippen LogP contribution >= 0.6 is 0 Å². The fourth-order valence-corrected chi connectivity index (χ4v) is 4.42. The quantitative estimate of drug-likeness (QED) is 0.915. The predicted molar refractivity (Wildman–Crippen MR) is 89.6 cm³/mol. The van der Waals surface area contributed by atoms with Crippen LogP contribution in [0.15, 0.2) is 18.2 Å². The number of benzene rings is 1. The van der Waals surface area contributed by atoms with Gasteiger partial charge in [-0.15, -0.1) is 0 Å². The van der Waals surface area contributed by atoms with E-state index in [0.29, 0.717) is 19.0 Å². The van der Waals surface area contributed by atoms with Crippen LogP contribution in [0.5, 0.6) is 0 Å². The fourth-order valence-electron chi connectivity index (χ4n) is 4.42. The number of aromatic amines is 1. The molecule has 2 saturated carbocycles. The SMILES string of the molecule is O=C(c1ccc(F)c(F)c1)N1CC(c2nc(C3CC3)n[nH]2)C2(CCC2)C1. The number of nitrogens with one attached hydrogen (secondary N) is 1. The Hall–Kier alpha value is -2.31. The van der Waals surface area contributed by atoms with Gasteiger partial charge in [0.25, 0.3) is 5.91 Å². The molecular weight excluding hydrogens is 338 g/mol. The van der Waals surface area contributed by atoms with Crippen molar-refractivity contribution in [1.29, 1.82) is 0 Å². The smallest absolute Gasteiger partial charge is 0.254 e. The molecule has 1 saturated heterocycles. The molecule has 1 spiro atoms. The summed E-state index contributed by atoms with van der Waals surface area (Å²) in [6.45, 7) is 1.17. The largest absolute Gasteiger partial charge is 0.337 e. The van der Waals surface area contributed by atoms with E-state index in [0.717, 1.165) is 55.9 Å². The van der Waals surface area contributed by atoms with Crippen LogP contribution in [0.25, 0.3) is 0 Å². The Labute approximate surface area is 149 Å². The first-order valence-electron chi connectivity index (χ1n) is 9.22. The Morgan fingerprint density at radius 1 is 1.23 bits per heavy atom. The summed E-state index contributed by atoms with van der Waals surface area (Å²) in [5, 5.41) is 7.46. The molecule has 1 atom stereocenters. The van der Waals surface area contributed by atoms with Gasteiger partial charge in [0.05, 0.1) is 0 Å². The fraction of sp³-hybridized carbons (Fsp3) is 0.526. The molecule has 3 fully saturated rings. The number of amides is 1. The first-order valence-corrected chi connectivity index (χ1v) is 9.22. The lowest BCUT2D eigenvalue weighted by Crippen LogP contribution is -2.38. The summed E-state index contributed by atoms with van der Waals surface area (Å²) < 4.78 is 26.7. The van der Waals surface area contributed by atoms with Crippen molar-refractivity contribution in [3.63, 3.8) is 0 Å². The lowest BCUT2D eigenvalue weighted by atomic mass is 9.62. The van der Waals surface area contributed by atoms with Gasteiger partial charge >= 0.3 is 0 Å². The molecule has 1 N–H and O–H groups in total. The third kappa shape index (κ3) is 2.44. The minimum atomic E-state index is -0.991. The Balaban J connectivity index is 1.41. The average Bonchev–Trinajstić information content (AvgIpc) is 3.19. The number of H-pyrrole nitrogens is 1. The predicted octanol–water partition coefficient (Wildman–Crippen LogP) is 3.37. The topological polar surface area (TPSA) is 61.9 Å². The molecule has 5 nitrogen and oxygen atoms in total. The van der Waals surface area contributed by atoms with Crippen LogP contribution in [0.4, 0.5) is 8.78 Å². The van der Waals surface area contributed by atoms with Gasteiger partial charge in [0.1, 0.15) is 5.82 Å². The summed E-state index contributed by atoms with van der Waals surface area (Å²) in [4.78, 5) is 19.3.